The van der Waals surface area contributed by atoms with Crippen LogP contribution in [0.4, 0.5) is 10.1 Å². The number of aromatic nitrogens is 3. The third-order valence-corrected chi connectivity index (χ3v) is 4.39. The van der Waals surface area contributed by atoms with Crippen LogP contribution in [-0.4, -0.2) is 28.0 Å². The van der Waals surface area contributed by atoms with E-state index >= 15 is 0 Å². The number of carbonyl (C=O) groups excluding carboxylic acids is 1. The molecule has 0 saturated carbocycles. The second kappa shape index (κ2) is 7.93. The number of benzene rings is 3. The quantitative estimate of drug-likeness (QED) is 0.552. The van der Waals surface area contributed by atoms with Crippen molar-refractivity contribution >= 4 is 11.6 Å². The molecule has 144 valence electrons. The van der Waals surface area contributed by atoms with Gasteiger partial charge in [0.05, 0.1) is 24.7 Å². The Hall–Kier alpha value is -4.00. The summed E-state index contributed by atoms with van der Waals surface area (Å²) < 4.78 is 20.0. The van der Waals surface area contributed by atoms with Crippen molar-refractivity contribution in [2.75, 3.05) is 12.4 Å². The molecule has 4 aromatic rings. The summed E-state index contributed by atoms with van der Waals surface area (Å²) in [5.74, 6) is 0.124. The van der Waals surface area contributed by atoms with Crippen molar-refractivity contribution in [3.8, 4) is 22.7 Å². The highest BCUT2D eigenvalue weighted by molar-refractivity contribution is 6.04. The van der Waals surface area contributed by atoms with E-state index < -0.39 is 0 Å². The van der Waals surface area contributed by atoms with E-state index in [1.807, 2.05) is 0 Å². The number of anilines is 1. The van der Waals surface area contributed by atoms with Crippen molar-refractivity contribution in [3.05, 3.63) is 90.4 Å². The second-order valence-corrected chi connectivity index (χ2v) is 6.27. The van der Waals surface area contributed by atoms with Gasteiger partial charge in [0.2, 0.25) is 0 Å². The monoisotopic (exact) mass is 388 g/mol. The molecule has 0 aliphatic carbocycles. The van der Waals surface area contributed by atoms with Crippen molar-refractivity contribution in [3.63, 3.8) is 0 Å². The van der Waals surface area contributed by atoms with Crippen LogP contribution in [0.5, 0.6) is 5.75 Å². The molecule has 0 aliphatic heterocycles. The zero-order chi connectivity index (χ0) is 20.2. The van der Waals surface area contributed by atoms with E-state index in [0.29, 0.717) is 17.0 Å². The highest BCUT2D eigenvalue weighted by atomic mass is 19.1. The first-order chi connectivity index (χ1) is 14.1. The van der Waals surface area contributed by atoms with Crippen molar-refractivity contribution in [2.45, 2.75) is 0 Å². The Labute approximate surface area is 166 Å². The van der Waals surface area contributed by atoms with Crippen molar-refractivity contribution < 1.29 is 13.9 Å². The molecule has 0 aliphatic rings. The third-order valence-electron chi connectivity index (χ3n) is 4.39. The lowest BCUT2D eigenvalue weighted by Gasteiger charge is -2.09. The molecule has 7 heteroatoms. The molecule has 0 bridgehead atoms. The molecular formula is C22H17FN4O2. The average molecular weight is 388 g/mol. The van der Waals surface area contributed by atoms with E-state index in [0.717, 1.165) is 16.9 Å². The number of hydrogen-bond donors (Lipinski definition) is 1. The first-order valence-corrected chi connectivity index (χ1v) is 8.86. The molecule has 0 spiro atoms. The summed E-state index contributed by atoms with van der Waals surface area (Å²) in [5.41, 5.74) is 3.39. The lowest BCUT2D eigenvalue weighted by molar-refractivity contribution is 0.102. The van der Waals surface area contributed by atoms with Gasteiger partial charge in [0, 0.05) is 22.9 Å². The minimum absolute atomic E-state index is 0.234. The number of ether oxygens (including phenoxy) is 1. The SMILES string of the molecule is COc1cccc(NC(=O)c2ccc(-n3nncc3-c3ccc(F)cc3)cc2)c1. The molecular weight excluding hydrogens is 371 g/mol. The molecule has 0 radical (unpaired) electrons. The Bertz CT molecular complexity index is 1140. The number of nitrogens with one attached hydrogen (secondary N) is 1. The Morgan fingerprint density at radius 1 is 1.03 bits per heavy atom. The van der Waals surface area contributed by atoms with Gasteiger partial charge in [-0.2, -0.15) is 0 Å². The fraction of sp³-hybridized carbons (Fsp3) is 0.0455. The van der Waals surface area contributed by atoms with E-state index in [4.69, 9.17) is 4.74 Å². The summed E-state index contributed by atoms with van der Waals surface area (Å²) >= 11 is 0. The summed E-state index contributed by atoms with van der Waals surface area (Å²) in [7, 11) is 1.57. The second-order valence-electron chi connectivity index (χ2n) is 6.27. The van der Waals surface area contributed by atoms with Gasteiger partial charge in [-0.05, 0) is 60.7 Å². The fourth-order valence-electron chi connectivity index (χ4n) is 2.90. The number of rotatable bonds is 5. The van der Waals surface area contributed by atoms with Crippen molar-refractivity contribution in [1.82, 2.24) is 15.0 Å². The molecule has 1 heterocycles. The fourth-order valence-corrected chi connectivity index (χ4v) is 2.90. The highest BCUT2D eigenvalue weighted by Gasteiger charge is 2.11. The van der Waals surface area contributed by atoms with Gasteiger partial charge in [-0.3, -0.25) is 4.79 Å². The van der Waals surface area contributed by atoms with Gasteiger partial charge in [-0.25, -0.2) is 9.07 Å². The van der Waals surface area contributed by atoms with Gasteiger partial charge < -0.3 is 10.1 Å². The zero-order valence-electron chi connectivity index (χ0n) is 15.5. The normalized spacial score (nSPS) is 10.6. The highest BCUT2D eigenvalue weighted by Crippen LogP contribution is 2.22. The zero-order valence-corrected chi connectivity index (χ0v) is 15.5. The maximum atomic E-state index is 13.2. The van der Waals surface area contributed by atoms with Crippen LogP contribution in [0.1, 0.15) is 10.4 Å². The average Bonchev–Trinajstić information content (AvgIpc) is 3.24. The van der Waals surface area contributed by atoms with E-state index in [1.54, 1.807) is 78.7 Å². The van der Waals surface area contributed by atoms with Gasteiger partial charge in [-0.1, -0.05) is 11.3 Å². The van der Waals surface area contributed by atoms with Crippen LogP contribution >= 0.6 is 0 Å². The van der Waals surface area contributed by atoms with Crippen molar-refractivity contribution in [1.29, 1.82) is 0 Å². The van der Waals surface area contributed by atoms with Crippen LogP contribution in [0, 0.1) is 5.82 Å². The standard InChI is InChI=1S/C22H17FN4O2/c1-29-20-4-2-3-18(13-20)25-22(28)16-7-11-19(12-8-16)27-21(14-24-26-27)15-5-9-17(23)10-6-15/h2-14H,1H3,(H,25,28). The van der Waals surface area contributed by atoms with Gasteiger partial charge in [-0.15, -0.1) is 5.10 Å². The first-order valence-electron chi connectivity index (χ1n) is 8.86. The molecule has 6 nitrogen and oxygen atoms in total. The summed E-state index contributed by atoms with van der Waals surface area (Å²) in [4.78, 5) is 12.5. The molecule has 0 unspecified atom stereocenters. The largest absolute Gasteiger partial charge is 0.497 e. The van der Waals surface area contributed by atoms with Crippen LogP contribution in [0.3, 0.4) is 0 Å². The minimum Gasteiger partial charge on any atom is -0.497 e. The molecule has 0 fully saturated rings. The van der Waals surface area contributed by atoms with E-state index in [9.17, 15) is 9.18 Å². The Balaban J connectivity index is 1.55. The Morgan fingerprint density at radius 2 is 1.79 bits per heavy atom. The molecule has 0 saturated heterocycles. The number of halogens is 1. The van der Waals surface area contributed by atoms with Crippen molar-refractivity contribution in [2.24, 2.45) is 0 Å². The molecule has 1 amide bonds. The van der Waals surface area contributed by atoms with Crippen LogP contribution in [0.2, 0.25) is 0 Å². The Morgan fingerprint density at radius 3 is 2.52 bits per heavy atom. The molecule has 4 rings (SSSR count). The van der Waals surface area contributed by atoms with Crippen LogP contribution in [0.15, 0.2) is 79.0 Å². The number of hydrogen-bond acceptors (Lipinski definition) is 4. The lowest BCUT2D eigenvalue weighted by atomic mass is 10.1. The molecule has 3 aromatic carbocycles. The maximum Gasteiger partial charge on any atom is 0.255 e. The Kier molecular flexibility index (Phi) is 5.03. The summed E-state index contributed by atoms with van der Waals surface area (Å²) in [6, 6.07) is 20.2. The smallest absolute Gasteiger partial charge is 0.255 e. The molecule has 29 heavy (non-hydrogen) atoms. The van der Waals surface area contributed by atoms with E-state index in [2.05, 4.69) is 15.6 Å². The molecule has 0 atom stereocenters. The number of amides is 1. The third kappa shape index (κ3) is 3.98. The predicted molar refractivity (Wildman–Crippen MR) is 108 cm³/mol. The van der Waals surface area contributed by atoms with Gasteiger partial charge >= 0.3 is 0 Å². The number of carbonyl (C=O) groups is 1. The molecule has 1 N–H and O–H groups in total. The number of methoxy groups -OCH3 is 1. The number of nitrogens with zero attached hydrogens (tertiary/aromatic N) is 3. The van der Waals surface area contributed by atoms with Crippen LogP contribution in [0.25, 0.3) is 16.9 Å². The summed E-state index contributed by atoms with van der Waals surface area (Å²) in [6.45, 7) is 0. The summed E-state index contributed by atoms with van der Waals surface area (Å²) in [5, 5.41) is 10.9. The van der Waals surface area contributed by atoms with E-state index in [-0.39, 0.29) is 11.7 Å². The lowest BCUT2D eigenvalue weighted by Crippen LogP contribution is -2.12. The molecule has 1 aromatic heterocycles. The topological polar surface area (TPSA) is 69.0 Å². The predicted octanol–water partition coefficient (Wildman–Crippen LogP) is 4.33. The van der Waals surface area contributed by atoms with Gasteiger partial charge in [0.25, 0.3) is 5.91 Å². The van der Waals surface area contributed by atoms with Gasteiger partial charge in [0.1, 0.15) is 11.6 Å². The summed E-state index contributed by atoms with van der Waals surface area (Å²) in [6.07, 6.45) is 1.61. The van der Waals surface area contributed by atoms with Gasteiger partial charge in [0.15, 0.2) is 0 Å². The van der Waals surface area contributed by atoms with Crippen LogP contribution in [-0.2, 0) is 0 Å². The maximum absolute atomic E-state index is 13.2. The van der Waals surface area contributed by atoms with E-state index in [1.165, 1.54) is 12.1 Å². The first kappa shape index (κ1) is 18.4. The van der Waals surface area contributed by atoms with Crippen LogP contribution < -0.4 is 10.1 Å². The minimum atomic E-state index is -0.306.